The first-order valence-electron chi connectivity index (χ1n) is 4.83. The molecule has 1 unspecified atom stereocenters. The van der Waals surface area contributed by atoms with E-state index >= 15 is 0 Å². The Hall–Kier alpha value is -0.340. The Balaban J connectivity index is 2.07. The lowest BCUT2D eigenvalue weighted by Crippen LogP contribution is -2.23. The zero-order valence-electron chi connectivity index (χ0n) is 7.72. The summed E-state index contributed by atoms with van der Waals surface area (Å²) in [6, 6.07) is 0. The SMILES string of the molecule is C=CCOCC1CCCCNC1. The molecule has 1 aliphatic rings. The van der Waals surface area contributed by atoms with Crippen molar-refractivity contribution in [2.24, 2.45) is 5.92 Å². The molecule has 1 atom stereocenters. The molecular formula is C10H19NO. The Morgan fingerprint density at radius 1 is 1.50 bits per heavy atom. The molecule has 1 heterocycles. The van der Waals surface area contributed by atoms with Crippen molar-refractivity contribution in [2.45, 2.75) is 19.3 Å². The summed E-state index contributed by atoms with van der Waals surface area (Å²) in [4.78, 5) is 0. The summed E-state index contributed by atoms with van der Waals surface area (Å²) in [7, 11) is 0. The van der Waals surface area contributed by atoms with Crippen molar-refractivity contribution in [3.63, 3.8) is 0 Å². The topological polar surface area (TPSA) is 21.3 Å². The lowest BCUT2D eigenvalue weighted by atomic mass is 10.1. The number of nitrogens with one attached hydrogen (secondary N) is 1. The molecule has 0 aromatic rings. The van der Waals surface area contributed by atoms with E-state index in [4.69, 9.17) is 4.74 Å². The Kier molecular flexibility index (Phi) is 5.04. The predicted molar refractivity (Wildman–Crippen MR) is 51.2 cm³/mol. The predicted octanol–water partition coefficient (Wildman–Crippen LogP) is 1.58. The third-order valence-corrected chi connectivity index (χ3v) is 2.24. The zero-order valence-corrected chi connectivity index (χ0v) is 7.72. The molecule has 1 fully saturated rings. The maximum absolute atomic E-state index is 5.42. The van der Waals surface area contributed by atoms with E-state index in [9.17, 15) is 0 Å². The largest absolute Gasteiger partial charge is 0.377 e. The van der Waals surface area contributed by atoms with Crippen molar-refractivity contribution >= 4 is 0 Å². The van der Waals surface area contributed by atoms with Gasteiger partial charge in [0.05, 0.1) is 13.2 Å². The Labute approximate surface area is 75.0 Å². The second-order valence-electron chi connectivity index (χ2n) is 3.39. The molecule has 0 aliphatic carbocycles. The van der Waals surface area contributed by atoms with Gasteiger partial charge >= 0.3 is 0 Å². The van der Waals surface area contributed by atoms with Crippen LogP contribution in [0.15, 0.2) is 12.7 Å². The first-order valence-corrected chi connectivity index (χ1v) is 4.83. The summed E-state index contributed by atoms with van der Waals surface area (Å²) in [5, 5.41) is 3.42. The lowest BCUT2D eigenvalue weighted by molar-refractivity contribution is 0.120. The van der Waals surface area contributed by atoms with Crippen LogP contribution < -0.4 is 5.32 Å². The first kappa shape index (κ1) is 9.75. The van der Waals surface area contributed by atoms with Crippen LogP contribution in [0.1, 0.15) is 19.3 Å². The molecule has 0 bridgehead atoms. The van der Waals surface area contributed by atoms with E-state index < -0.39 is 0 Å². The van der Waals surface area contributed by atoms with Gasteiger partial charge in [-0.1, -0.05) is 12.5 Å². The molecule has 1 aliphatic heterocycles. The molecule has 0 amide bonds. The van der Waals surface area contributed by atoms with Gasteiger partial charge in [0, 0.05) is 6.54 Å². The van der Waals surface area contributed by atoms with Crippen LogP contribution >= 0.6 is 0 Å². The van der Waals surface area contributed by atoms with E-state index in [1.54, 1.807) is 0 Å². The number of hydrogen-bond donors (Lipinski definition) is 1. The molecule has 0 saturated carbocycles. The van der Waals surface area contributed by atoms with Gasteiger partial charge in [-0.05, 0) is 25.3 Å². The van der Waals surface area contributed by atoms with Crippen LogP contribution in [0.25, 0.3) is 0 Å². The lowest BCUT2D eigenvalue weighted by Gasteiger charge is -2.13. The maximum Gasteiger partial charge on any atom is 0.0644 e. The summed E-state index contributed by atoms with van der Waals surface area (Å²) in [5.74, 6) is 0.715. The van der Waals surface area contributed by atoms with Crippen molar-refractivity contribution in [2.75, 3.05) is 26.3 Å². The van der Waals surface area contributed by atoms with Crippen molar-refractivity contribution in [1.29, 1.82) is 0 Å². The van der Waals surface area contributed by atoms with E-state index in [0.29, 0.717) is 12.5 Å². The Morgan fingerprint density at radius 2 is 2.42 bits per heavy atom. The van der Waals surface area contributed by atoms with Crippen LogP contribution in [-0.2, 0) is 4.74 Å². The van der Waals surface area contributed by atoms with E-state index in [-0.39, 0.29) is 0 Å². The van der Waals surface area contributed by atoms with Crippen molar-refractivity contribution in [1.82, 2.24) is 5.32 Å². The van der Waals surface area contributed by atoms with Crippen LogP contribution in [0.2, 0.25) is 0 Å². The Bertz CT molecular complexity index is 117. The fourth-order valence-corrected chi connectivity index (χ4v) is 1.55. The van der Waals surface area contributed by atoms with Gasteiger partial charge in [-0.15, -0.1) is 6.58 Å². The molecular weight excluding hydrogens is 150 g/mol. The third kappa shape index (κ3) is 3.88. The summed E-state index contributed by atoms with van der Waals surface area (Å²) in [6.07, 6.45) is 5.78. The molecule has 2 nitrogen and oxygen atoms in total. The molecule has 1 saturated heterocycles. The van der Waals surface area contributed by atoms with Gasteiger partial charge in [-0.2, -0.15) is 0 Å². The van der Waals surface area contributed by atoms with E-state index in [0.717, 1.165) is 13.2 Å². The molecule has 12 heavy (non-hydrogen) atoms. The highest BCUT2D eigenvalue weighted by atomic mass is 16.5. The molecule has 0 aromatic heterocycles. The van der Waals surface area contributed by atoms with Gasteiger partial charge in [0.25, 0.3) is 0 Å². The van der Waals surface area contributed by atoms with Crippen molar-refractivity contribution in [3.05, 3.63) is 12.7 Å². The normalized spacial score (nSPS) is 24.8. The summed E-state index contributed by atoms with van der Waals surface area (Å²) in [5.41, 5.74) is 0. The molecule has 70 valence electrons. The van der Waals surface area contributed by atoms with Gasteiger partial charge in [-0.25, -0.2) is 0 Å². The van der Waals surface area contributed by atoms with Gasteiger partial charge in [-0.3, -0.25) is 0 Å². The fourth-order valence-electron chi connectivity index (χ4n) is 1.55. The molecule has 1 N–H and O–H groups in total. The van der Waals surface area contributed by atoms with Gasteiger partial charge in [0.2, 0.25) is 0 Å². The zero-order chi connectivity index (χ0) is 8.65. The van der Waals surface area contributed by atoms with Crippen LogP contribution in [-0.4, -0.2) is 26.3 Å². The van der Waals surface area contributed by atoms with Crippen molar-refractivity contribution < 1.29 is 4.74 Å². The molecule has 0 spiro atoms. The average Bonchev–Trinajstić information content (AvgIpc) is 2.33. The molecule has 2 heteroatoms. The molecule has 0 radical (unpaired) electrons. The van der Waals surface area contributed by atoms with E-state index in [1.165, 1.54) is 25.8 Å². The average molecular weight is 169 g/mol. The summed E-state index contributed by atoms with van der Waals surface area (Å²) < 4.78 is 5.42. The minimum absolute atomic E-state index is 0.691. The van der Waals surface area contributed by atoms with Crippen LogP contribution in [0.4, 0.5) is 0 Å². The standard InChI is InChI=1S/C10H19NO/c1-2-7-12-9-10-5-3-4-6-11-8-10/h2,10-11H,1,3-9H2. The van der Waals surface area contributed by atoms with Crippen molar-refractivity contribution in [3.8, 4) is 0 Å². The highest BCUT2D eigenvalue weighted by Gasteiger charge is 2.10. The maximum atomic E-state index is 5.42. The highest BCUT2D eigenvalue weighted by Crippen LogP contribution is 2.11. The second kappa shape index (κ2) is 6.21. The third-order valence-electron chi connectivity index (χ3n) is 2.24. The summed E-state index contributed by atoms with van der Waals surface area (Å²) >= 11 is 0. The number of hydrogen-bond acceptors (Lipinski definition) is 2. The minimum atomic E-state index is 0.691. The molecule has 1 rings (SSSR count). The number of rotatable bonds is 4. The van der Waals surface area contributed by atoms with Gasteiger partial charge in [0.1, 0.15) is 0 Å². The van der Waals surface area contributed by atoms with Crippen LogP contribution in [0.3, 0.4) is 0 Å². The molecule has 0 aromatic carbocycles. The number of ether oxygens (including phenoxy) is 1. The van der Waals surface area contributed by atoms with E-state index in [2.05, 4.69) is 11.9 Å². The first-order chi connectivity index (χ1) is 5.93. The van der Waals surface area contributed by atoms with Gasteiger partial charge < -0.3 is 10.1 Å². The van der Waals surface area contributed by atoms with Crippen LogP contribution in [0.5, 0.6) is 0 Å². The highest BCUT2D eigenvalue weighted by molar-refractivity contribution is 4.69. The fraction of sp³-hybridized carbons (Fsp3) is 0.800. The van der Waals surface area contributed by atoms with E-state index in [1.807, 2.05) is 6.08 Å². The second-order valence-corrected chi connectivity index (χ2v) is 3.39. The van der Waals surface area contributed by atoms with Crippen LogP contribution in [0, 0.1) is 5.92 Å². The monoisotopic (exact) mass is 169 g/mol. The smallest absolute Gasteiger partial charge is 0.0644 e. The minimum Gasteiger partial charge on any atom is -0.377 e. The quantitative estimate of drug-likeness (QED) is 0.509. The summed E-state index contributed by atoms with van der Waals surface area (Å²) in [6.45, 7) is 7.50. The Morgan fingerprint density at radius 3 is 3.25 bits per heavy atom. The van der Waals surface area contributed by atoms with Gasteiger partial charge in [0.15, 0.2) is 0 Å².